The Labute approximate surface area is 103 Å². The van der Waals surface area contributed by atoms with Gasteiger partial charge < -0.3 is 10.2 Å². The van der Waals surface area contributed by atoms with Crippen molar-refractivity contribution < 1.29 is 10.2 Å². The summed E-state index contributed by atoms with van der Waals surface area (Å²) >= 11 is 0. The summed E-state index contributed by atoms with van der Waals surface area (Å²) in [6, 6.07) is 8.09. The molecule has 0 bridgehead atoms. The van der Waals surface area contributed by atoms with Crippen LogP contribution in [0.5, 0.6) is 0 Å². The first-order valence-corrected chi connectivity index (χ1v) is 6.59. The summed E-state index contributed by atoms with van der Waals surface area (Å²) in [6.07, 6.45) is 4.47. The molecule has 1 aliphatic rings. The van der Waals surface area contributed by atoms with E-state index in [9.17, 15) is 5.11 Å². The van der Waals surface area contributed by atoms with Crippen molar-refractivity contribution in [2.45, 2.75) is 44.6 Å². The summed E-state index contributed by atoms with van der Waals surface area (Å²) in [5, 5.41) is 18.4. The molecule has 1 aromatic carbocycles. The van der Waals surface area contributed by atoms with Crippen molar-refractivity contribution in [1.82, 2.24) is 0 Å². The van der Waals surface area contributed by atoms with Crippen molar-refractivity contribution in [2.24, 2.45) is 5.92 Å². The Morgan fingerprint density at radius 3 is 2.24 bits per heavy atom. The molecule has 2 heteroatoms. The molecular formula is C15H22O2. The minimum atomic E-state index is -0.740. The van der Waals surface area contributed by atoms with Crippen LogP contribution in [-0.2, 0) is 0 Å². The minimum Gasteiger partial charge on any atom is -0.393 e. The number of benzene rings is 1. The normalized spacial score (nSPS) is 26.8. The molecule has 0 aliphatic heterocycles. The molecule has 1 atom stereocenters. The van der Waals surface area contributed by atoms with Crippen LogP contribution in [0.2, 0.25) is 0 Å². The molecule has 0 heterocycles. The Balaban J connectivity index is 2.02. The molecular weight excluding hydrogens is 212 g/mol. The summed E-state index contributed by atoms with van der Waals surface area (Å²) in [7, 11) is 0. The summed E-state index contributed by atoms with van der Waals surface area (Å²) < 4.78 is 0. The molecule has 94 valence electrons. The molecule has 2 rings (SSSR count). The third kappa shape index (κ3) is 3.08. The van der Waals surface area contributed by atoms with E-state index in [0.717, 1.165) is 11.5 Å². The second-order valence-corrected chi connectivity index (χ2v) is 5.32. The zero-order valence-electron chi connectivity index (χ0n) is 10.5. The zero-order valence-corrected chi connectivity index (χ0v) is 10.5. The molecule has 1 aromatic rings. The number of aliphatic hydroxyl groups is 2. The van der Waals surface area contributed by atoms with Gasteiger partial charge in [-0.25, -0.2) is 0 Å². The Hall–Kier alpha value is -0.860. The second-order valence-electron chi connectivity index (χ2n) is 5.32. The molecule has 0 spiro atoms. The third-order valence-corrected chi connectivity index (χ3v) is 3.98. The predicted octanol–water partition coefficient (Wildman–Crippen LogP) is 3.01. The van der Waals surface area contributed by atoms with Crippen molar-refractivity contribution in [3.8, 4) is 0 Å². The molecule has 1 aliphatic carbocycles. The van der Waals surface area contributed by atoms with Crippen LogP contribution in [0.3, 0.4) is 0 Å². The first kappa shape index (κ1) is 12.6. The average molecular weight is 234 g/mol. The van der Waals surface area contributed by atoms with E-state index in [1.807, 2.05) is 12.1 Å². The van der Waals surface area contributed by atoms with Crippen LogP contribution in [0.1, 0.15) is 55.8 Å². The molecule has 1 saturated carbocycles. The van der Waals surface area contributed by atoms with Gasteiger partial charge in [0, 0.05) is 0 Å². The molecule has 0 amide bonds. The third-order valence-electron chi connectivity index (χ3n) is 3.98. The van der Waals surface area contributed by atoms with Gasteiger partial charge in [0.25, 0.3) is 0 Å². The average Bonchev–Trinajstić information content (AvgIpc) is 2.39. The minimum absolute atomic E-state index is 0.208. The van der Waals surface area contributed by atoms with Gasteiger partial charge in [0.05, 0.1) is 6.61 Å². The molecule has 1 unspecified atom stereocenters. The fourth-order valence-corrected chi connectivity index (χ4v) is 2.69. The van der Waals surface area contributed by atoms with Crippen LogP contribution in [0, 0.1) is 5.92 Å². The summed E-state index contributed by atoms with van der Waals surface area (Å²) in [6.45, 7) is 2.12. The Kier molecular flexibility index (Phi) is 4.19. The van der Waals surface area contributed by atoms with Gasteiger partial charge >= 0.3 is 0 Å². The first-order valence-electron chi connectivity index (χ1n) is 6.59. The van der Waals surface area contributed by atoms with Crippen molar-refractivity contribution in [3.05, 3.63) is 35.4 Å². The smallest absolute Gasteiger partial charge is 0.102 e. The van der Waals surface area contributed by atoms with E-state index in [1.165, 1.54) is 31.2 Å². The van der Waals surface area contributed by atoms with E-state index in [-0.39, 0.29) is 6.61 Å². The lowest BCUT2D eigenvalue weighted by Gasteiger charge is -2.26. The highest BCUT2D eigenvalue weighted by molar-refractivity contribution is 5.27. The van der Waals surface area contributed by atoms with E-state index in [1.54, 1.807) is 0 Å². The van der Waals surface area contributed by atoms with E-state index in [0.29, 0.717) is 5.92 Å². The number of aliphatic hydroxyl groups excluding tert-OH is 2. The van der Waals surface area contributed by atoms with Gasteiger partial charge in [-0.05, 0) is 35.8 Å². The van der Waals surface area contributed by atoms with Crippen LogP contribution in [-0.4, -0.2) is 16.8 Å². The highest BCUT2D eigenvalue weighted by Gasteiger charge is 2.19. The van der Waals surface area contributed by atoms with Crippen LogP contribution in [0.4, 0.5) is 0 Å². The number of hydrogen-bond acceptors (Lipinski definition) is 2. The highest BCUT2D eigenvalue weighted by Crippen LogP contribution is 2.35. The highest BCUT2D eigenvalue weighted by atomic mass is 16.3. The molecule has 2 N–H and O–H groups in total. The molecule has 0 aromatic heterocycles. The molecule has 2 nitrogen and oxygen atoms in total. The zero-order chi connectivity index (χ0) is 12.3. The van der Waals surface area contributed by atoms with Crippen molar-refractivity contribution in [1.29, 1.82) is 0 Å². The fourth-order valence-electron chi connectivity index (χ4n) is 2.69. The lowest BCUT2D eigenvalue weighted by Crippen LogP contribution is -2.11. The van der Waals surface area contributed by atoms with Crippen molar-refractivity contribution in [2.75, 3.05) is 6.61 Å². The number of hydrogen-bond donors (Lipinski definition) is 2. The molecule has 0 radical (unpaired) electrons. The number of rotatable bonds is 3. The maximum atomic E-state index is 9.52. The lowest BCUT2D eigenvalue weighted by molar-refractivity contribution is 0.0956. The SMILES string of the molecule is CC1CCC(c2ccc(C(O)CO)cc2)CC1. The Morgan fingerprint density at radius 1 is 1.12 bits per heavy atom. The van der Waals surface area contributed by atoms with Gasteiger partial charge in [-0.3, -0.25) is 0 Å². The molecule has 17 heavy (non-hydrogen) atoms. The quantitative estimate of drug-likeness (QED) is 0.844. The van der Waals surface area contributed by atoms with Gasteiger partial charge in [-0.1, -0.05) is 44.0 Å². The largest absolute Gasteiger partial charge is 0.393 e. The van der Waals surface area contributed by atoms with Gasteiger partial charge in [0.15, 0.2) is 0 Å². The van der Waals surface area contributed by atoms with Crippen LogP contribution >= 0.6 is 0 Å². The van der Waals surface area contributed by atoms with E-state index in [4.69, 9.17) is 5.11 Å². The standard InChI is InChI=1S/C15H22O2/c1-11-2-4-12(5-3-11)13-6-8-14(9-7-13)15(17)10-16/h6-9,11-12,15-17H,2-5,10H2,1H3. The van der Waals surface area contributed by atoms with E-state index < -0.39 is 6.10 Å². The van der Waals surface area contributed by atoms with Crippen molar-refractivity contribution in [3.63, 3.8) is 0 Å². The van der Waals surface area contributed by atoms with E-state index in [2.05, 4.69) is 19.1 Å². The maximum absolute atomic E-state index is 9.52. The van der Waals surface area contributed by atoms with E-state index >= 15 is 0 Å². The van der Waals surface area contributed by atoms with Gasteiger partial charge in [-0.2, -0.15) is 0 Å². The van der Waals surface area contributed by atoms with Gasteiger partial charge in [0.2, 0.25) is 0 Å². The van der Waals surface area contributed by atoms with Crippen LogP contribution in [0.15, 0.2) is 24.3 Å². The second kappa shape index (κ2) is 5.65. The van der Waals surface area contributed by atoms with Crippen molar-refractivity contribution >= 4 is 0 Å². The fraction of sp³-hybridized carbons (Fsp3) is 0.600. The van der Waals surface area contributed by atoms with Gasteiger partial charge in [0.1, 0.15) is 6.10 Å². The summed E-state index contributed by atoms with van der Waals surface area (Å²) in [4.78, 5) is 0. The summed E-state index contributed by atoms with van der Waals surface area (Å²) in [5.41, 5.74) is 2.19. The Bertz CT molecular complexity index is 336. The lowest BCUT2D eigenvalue weighted by atomic mass is 9.79. The van der Waals surface area contributed by atoms with Crippen LogP contribution < -0.4 is 0 Å². The van der Waals surface area contributed by atoms with Crippen LogP contribution in [0.25, 0.3) is 0 Å². The topological polar surface area (TPSA) is 40.5 Å². The molecule has 0 saturated heterocycles. The Morgan fingerprint density at radius 2 is 1.71 bits per heavy atom. The first-order chi connectivity index (χ1) is 8.20. The van der Waals surface area contributed by atoms with Gasteiger partial charge in [-0.15, -0.1) is 0 Å². The molecule has 1 fully saturated rings. The summed E-state index contributed by atoms with van der Waals surface area (Å²) in [5.74, 6) is 1.56. The maximum Gasteiger partial charge on any atom is 0.102 e. The predicted molar refractivity (Wildman–Crippen MR) is 68.9 cm³/mol. The monoisotopic (exact) mass is 234 g/mol.